The van der Waals surface area contributed by atoms with E-state index in [1.54, 1.807) is 0 Å². The highest BCUT2D eigenvalue weighted by Crippen LogP contribution is 2.25. The fourth-order valence-corrected chi connectivity index (χ4v) is 4.13. The number of amides is 1. The normalized spacial score (nSPS) is 14.6. The number of nitrogens with zero attached hydrogens (tertiary/aromatic N) is 2. The van der Waals surface area contributed by atoms with Gasteiger partial charge in [0.15, 0.2) is 5.13 Å². The second-order valence-electron chi connectivity index (χ2n) is 4.78. The molecule has 1 aliphatic heterocycles. The van der Waals surface area contributed by atoms with Crippen molar-refractivity contribution in [3.63, 3.8) is 0 Å². The zero-order valence-electron chi connectivity index (χ0n) is 11.4. The van der Waals surface area contributed by atoms with Crippen molar-refractivity contribution < 1.29 is 4.79 Å². The van der Waals surface area contributed by atoms with Crippen molar-refractivity contribution in [2.24, 2.45) is 0 Å². The Balaban J connectivity index is 1.52. The first kappa shape index (κ1) is 14.7. The molecule has 2 aromatic rings. The number of anilines is 1. The molecule has 7 heteroatoms. The van der Waals surface area contributed by atoms with E-state index in [9.17, 15) is 4.79 Å². The van der Waals surface area contributed by atoms with Crippen molar-refractivity contribution in [1.82, 2.24) is 9.88 Å². The minimum atomic E-state index is -0.0550. The molecule has 0 bridgehead atoms. The molecule has 3 rings (SSSR count). The molecule has 0 radical (unpaired) electrons. The van der Waals surface area contributed by atoms with E-state index in [1.807, 2.05) is 24.3 Å². The second kappa shape index (κ2) is 6.72. The maximum absolute atomic E-state index is 12.0. The highest BCUT2D eigenvalue weighted by Gasteiger charge is 2.16. The van der Waals surface area contributed by atoms with Crippen LogP contribution in [0.15, 0.2) is 24.3 Å². The van der Waals surface area contributed by atoms with Gasteiger partial charge in [-0.1, -0.05) is 47.4 Å². The average molecular weight is 337 g/mol. The number of hydrogen-bond donors (Lipinski definition) is 1. The topological polar surface area (TPSA) is 45.2 Å². The van der Waals surface area contributed by atoms with E-state index < -0.39 is 0 Å². The number of thiocarbonyl (C=S) groups is 1. The molecule has 1 N–H and O–H groups in total. The summed E-state index contributed by atoms with van der Waals surface area (Å²) in [5.41, 5.74) is 0.915. The van der Waals surface area contributed by atoms with E-state index in [1.165, 1.54) is 35.9 Å². The van der Waals surface area contributed by atoms with Crippen LogP contribution in [0.4, 0.5) is 5.13 Å². The van der Waals surface area contributed by atoms with E-state index in [4.69, 9.17) is 12.2 Å². The maximum Gasteiger partial charge on any atom is 0.236 e. The third-order valence-corrected chi connectivity index (χ3v) is 5.71. The number of carbonyl (C=O) groups is 1. The SMILES string of the molecule is O=C(CSC(=S)N1CCCC1)Nc1nc2ccccc2s1. The van der Waals surface area contributed by atoms with Crippen molar-refractivity contribution in [1.29, 1.82) is 0 Å². The smallest absolute Gasteiger partial charge is 0.236 e. The van der Waals surface area contributed by atoms with Crippen LogP contribution in [0, 0.1) is 0 Å². The molecule has 1 fully saturated rings. The molecule has 1 amide bonds. The number of fused-ring (bicyclic) bond motifs is 1. The molecule has 21 heavy (non-hydrogen) atoms. The summed E-state index contributed by atoms with van der Waals surface area (Å²) in [6.45, 7) is 2.04. The average Bonchev–Trinajstić information content (AvgIpc) is 3.13. The van der Waals surface area contributed by atoms with Gasteiger partial charge in [0.2, 0.25) is 5.91 Å². The van der Waals surface area contributed by atoms with Gasteiger partial charge in [-0.2, -0.15) is 0 Å². The lowest BCUT2D eigenvalue weighted by Gasteiger charge is -2.17. The minimum Gasteiger partial charge on any atom is -0.358 e. The Morgan fingerprint density at radius 1 is 1.38 bits per heavy atom. The minimum absolute atomic E-state index is 0.0550. The predicted molar refractivity (Wildman–Crippen MR) is 94.1 cm³/mol. The predicted octanol–water partition coefficient (Wildman–Crippen LogP) is 3.35. The van der Waals surface area contributed by atoms with Gasteiger partial charge in [0.05, 0.1) is 16.0 Å². The van der Waals surface area contributed by atoms with Crippen LogP contribution in [0.3, 0.4) is 0 Å². The van der Waals surface area contributed by atoms with Crippen molar-refractivity contribution in [3.05, 3.63) is 24.3 Å². The van der Waals surface area contributed by atoms with Crippen molar-refractivity contribution in [2.45, 2.75) is 12.8 Å². The summed E-state index contributed by atoms with van der Waals surface area (Å²) >= 11 is 8.26. The second-order valence-corrected chi connectivity index (χ2v) is 7.42. The number of hydrogen-bond acceptors (Lipinski definition) is 5. The van der Waals surface area contributed by atoms with Crippen LogP contribution in [-0.4, -0.2) is 39.0 Å². The number of thioether (sulfide) groups is 1. The highest BCUT2D eigenvalue weighted by atomic mass is 32.2. The first-order chi connectivity index (χ1) is 10.2. The van der Waals surface area contributed by atoms with Crippen LogP contribution in [0.5, 0.6) is 0 Å². The summed E-state index contributed by atoms with van der Waals surface area (Å²) in [5.74, 6) is 0.284. The number of aromatic nitrogens is 1. The molecule has 0 spiro atoms. The molecule has 0 saturated carbocycles. The first-order valence-corrected chi connectivity index (χ1v) is 9.00. The quantitative estimate of drug-likeness (QED) is 0.870. The Morgan fingerprint density at radius 2 is 2.14 bits per heavy atom. The van der Waals surface area contributed by atoms with Crippen LogP contribution in [0.1, 0.15) is 12.8 Å². The summed E-state index contributed by atoms with van der Waals surface area (Å²) in [4.78, 5) is 18.5. The van der Waals surface area contributed by atoms with Gasteiger partial charge in [0, 0.05) is 13.1 Å². The van der Waals surface area contributed by atoms with Gasteiger partial charge in [0.25, 0.3) is 0 Å². The molecule has 0 aliphatic carbocycles. The maximum atomic E-state index is 12.0. The molecule has 0 atom stereocenters. The monoisotopic (exact) mass is 337 g/mol. The van der Waals surface area contributed by atoms with Crippen LogP contribution >= 0.6 is 35.3 Å². The number of thiazole rings is 1. The lowest BCUT2D eigenvalue weighted by atomic mass is 10.3. The van der Waals surface area contributed by atoms with Crippen LogP contribution in [0.25, 0.3) is 10.2 Å². The lowest BCUT2D eigenvalue weighted by molar-refractivity contribution is -0.113. The number of nitrogens with one attached hydrogen (secondary N) is 1. The van der Waals surface area contributed by atoms with Gasteiger partial charge >= 0.3 is 0 Å². The zero-order chi connectivity index (χ0) is 14.7. The summed E-state index contributed by atoms with van der Waals surface area (Å²) in [7, 11) is 0. The molecule has 2 heterocycles. The van der Waals surface area contributed by atoms with Gasteiger partial charge in [-0.15, -0.1) is 0 Å². The van der Waals surface area contributed by atoms with Crippen LogP contribution in [-0.2, 0) is 4.79 Å². The zero-order valence-corrected chi connectivity index (χ0v) is 13.8. The Labute approximate surface area is 136 Å². The Hall–Kier alpha value is -1.18. The van der Waals surface area contributed by atoms with Crippen LogP contribution in [0.2, 0.25) is 0 Å². The van der Waals surface area contributed by atoms with Gasteiger partial charge < -0.3 is 10.2 Å². The molecule has 1 saturated heterocycles. The third kappa shape index (κ3) is 3.72. The number of carbonyl (C=O) groups excluding carboxylic acids is 1. The third-order valence-electron chi connectivity index (χ3n) is 3.23. The summed E-state index contributed by atoms with van der Waals surface area (Å²) in [6.07, 6.45) is 2.39. The first-order valence-electron chi connectivity index (χ1n) is 6.79. The van der Waals surface area contributed by atoms with E-state index >= 15 is 0 Å². The standard InChI is InChI=1S/C14H15N3OS3/c18-12(9-20-14(19)17-7-3-4-8-17)16-13-15-10-5-1-2-6-11(10)21-13/h1-2,5-6H,3-4,7-9H2,(H,15,16,18). The molecular weight excluding hydrogens is 322 g/mol. The lowest BCUT2D eigenvalue weighted by Crippen LogP contribution is -2.25. The van der Waals surface area contributed by atoms with E-state index in [0.717, 1.165) is 27.6 Å². The highest BCUT2D eigenvalue weighted by molar-refractivity contribution is 8.23. The molecule has 1 aromatic heterocycles. The van der Waals surface area contributed by atoms with Gasteiger partial charge in [-0.3, -0.25) is 4.79 Å². The fraction of sp³-hybridized carbons (Fsp3) is 0.357. The summed E-state index contributed by atoms with van der Waals surface area (Å²) in [5, 5.41) is 3.49. The molecule has 4 nitrogen and oxygen atoms in total. The number of para-hydroxylation sites is 1. The van der Waals surface area contributed by atoms with Crippen molar-refractivity contribution in [2.75, 3.05) is 24.2 Å². The van der Waals surface area contributed by atoms with Crippen molar-refractivity contribution >= 4 is 60.9 Å². The van der Waals surface area contributed by atoms with E-state index in [-0.39, 0.29) is 5.91 Å². The number of benzene rings is 1. The van der Waals surface area contributed by atoms with Crippen molar-refractivity contribution in [3.8, 4) is 0 Å². The number of likely N-dealkylation sites (tertiary alicyclic amines) is 1. The van der Waals surface area contributed by atoms with Gasteiger partial charge in [-0.25, -0.2) is 4.98 Å². The van der Waals surface area contributed by atoms with E-state index in [2.05, 4.69) is 15.2 Å². The Morgan fingerprint density at radius 3 is 2.90 bits per heavy atom. The number of rotatable bonds is 3. The van der Waals surface area contributed by atoms with E-state index in [0.29, 0.717) is 10.9 Å². The Bertz CT molecular complexity index is 631. The molecule has 1 aromatic carbocycles. The molecule has 0 unspecified atom stereocenters. The fourth-order valence-electron chi connectivity index (χ4n) is 2.20. The van der Waals surface area contributed by atoms with Gasteiger partial charge in [-0.05, 0) is 25.0 Å². The van der Waals surface area contributed by atoms with Gasteiger partial charge in [0.1, 0.15) is 4.32 Å². The Kier molecular flexibility index (Phi) is 4.72. The summed E-state index contributed by atoms with van der Waals surface area (Å²) < 4.78 is 1.90. The molecule has 1 aliphatic rings. The largest absolute Gasteiger partial charge is 0.358 e. The summed E-state index contributed by atoms with van der Waals surface area (Å²) in [6, 6.07) is 7.85. The molecular formula is C14H15N3OS3. The van der Waals surface area contributed by atoms with Crippen LogP contribution < -0.4 is 5.32 Å². The molecule has 110 valence electrons.